The molecule has 0 unspecified atom stereocenters. The van der Waals surface area contributed by atoms with Crippen LogP contribution in [-0.4, -0.2) is 10.7 Å². The van der Waals surface area contributed by atoms with Gasteiger partial charge in [0.2, 0.25) is 0 Å². The number of benzene rings is 1. The second kappa shape index (κ2) is 5.94. The van der Waals surface area contributed by atoms with E-state index in [1.807, 2.05) is 35.7 Å². The Bertz CT molecular complexity index is 380. The van der Waals surface area contributed by atoms with Crippen LogP contribution in [0.15, 0.2) is 40.6 Å². The molecular formula is C14H17ClOS. The molecule has 0 spiro atoms. The summed E-state index contributed by atoms with van der Waals surface area (Å²) in [4.78, 5) is 1.14. The first kappa shape index (κ1) is 13.0. The minimum atomic E-state index is -0.572. The minimum absolute atomic E-state index is 0.572. The monoisotopic (exact) mass is 268 g/mol. The molecule has 0 aliphatic heterocycles. The van der Waals surface area contributed by atoms with Gasteiger partial charge in [-0.15, -0.1) is 0 Å². The van der Waals surface area contributed by atoms with E-state index in [9.17, 15) is 5.11 Å². The highest BCUT2D eigenvalue weighted by Crippen LogP contribution is 2.31. The number of aliphatic hydroxyl groups is 1. The molecule has 1 aliphatic carbocycles. The van der Waals surface area contributed by atoms with Crippen molar-refractivity contribution >= 4 is 23.4 Å². The second-order valence-electron chi connectivity index (χ2n) is 4.54. The van der Waals surface area contributed by atoms with Crippen molar-refractivity contribution in [2.24, 2.45) is 0 Å². The fourth-order valence-electron chi connectivity index (χ4n) is 2.08. The molecule has 0 amide bonds. The van der Waals surface area contributed by atoms with Gasteiger partial charge in [0.05, 0.1) is 5.60 Å². The van der Waals surface area contributed by atoms with Gasteiger partial charge < -0.3 is 5.11 Å². The molecule has 0 aromatic heterocycles. The molecule has 1 nitrogen and oxygen atoms in total. The number of thioether (sulfide) groups is 1. The molecule has 2 rings (SSSR count). The van der Waals surface area contributed by atoms with E-state index in [1.54, 1.807) is 11.8 Å². The number of rotatable bonds is 3. The number of hydrogen-bond acceptors (Lipinski definition) is 2. The van der Waals surface area contributed by atoms with Crippen molar-refractivity contribution < 1.29 is 5.11 Å². The second-order valence-corrected chi connectivity index (χ2v) is 5.95. The van der Waals surface area contributed by atoms with Gasteiger partial charge in [-0.3, -0.25) is 0 Å². The lowest BCUT2D eigenvalue weighted by molar-refractivity contribution is 0.0515. The van der Waals surface area contributed by atoms with Crippen LogP contribution in [0, 0.1) is 0 Å². The standard InChI is InChI=1S/C14H17ClOS/c15-12-4-6-13(7-5-12)17-11-10-14(16)8-2-1-3-9-14/h4-7,10-11,16H,1-3,8-9H2/b11-10+. The lowest BCUT2D eigenvalue weighted by Gasteiger charge is -2.28. The predicted octanol–water partition coefficient (Wildman–Crippen LogP) is 4.64. The van der Waals surface area contributed by atoms with Crippen LogP contribution in [-0.2, 0) is 0 Å². The Balaban J connectivity index is 1.90. The fraction of sp³-hybridized carbons (Fsp3) is 0.429. The van der Waals surface area contributed by atoms with Gasteiger partial charge >= 0.3 is 0 Å². The number of hydrogen-bond donors (Lipinski definition) is 1. The first-order valence-electron chi connectivity index (χ1n) is 6.00. The lowest BCUT2D eigenvalue weighted by Crippen LogP contribution is -2.28. The van der Waals surface area contributed by atoms with Gasteiger partial charge in [-0.1, -0.05) is 42.6 Å². The van der Waals surface area contributed by atoms with Gasteiger partial charge in [-0.2, -0.15) is 0 Å². The molecule has 1 saturated carbocycles. The molecule has 92 valence electrons. The molecule has 3 heteroatoms. The topological polar surface area (TPSA) is 20.2 Å². The van der Waals surface area contributed by atoms with E-state index in [4.69, 9.17) is 11.6 Å². The Morgan fingerprint density at radius 3 is 2.41 bits per heavy atom. The van der Waals surface area contributed by atoms with E-state index >= 15 is 0 Å². The Morgan fingerprint density at radius 1 is 1.12 bits per heavy atom. The van der Waals surface area contributed by atoms with Gasteiger partial charge in [0.15, 0.2) is 0 Å². The van der Waals surface area contributed by atoms with Gasteiger partial charge in [-0.05, 0) is 48.6 Å². The van der Waals surface area contributed by atoms with Crippen molar-refractivity contribution in [2.75, 3.05) is 0 Å². The maximum absolute atomic E-state index is 10.3. The summed E-state index contributed by atoms with van der Waals surface area (Å²) < 4.78 is 0. The zero-order valence-corrected chi connectivity index (χ0v) is 11.3. The van der Waals surface area contributed by atoms with Crippen LogP contribution in [0.25, 0.3) is 0 Å². The summed E-state index contributed by atoms with van der Waals surface area (Å²) in [5, 5.41) is 13.0. The summed E-state index contributed by atoms with van der Waals surface area (Å²) in [6.07, 6.45) is 7.25. The highest BCUT2D eigenvalue weighted by Gasteiger charge is 2.25. The Morgan fingerprint density at radius 2 is 1.76 bits per heavy atom. The molecule has 1 fully saturated rings. The maximum atomic E-state index is 10.3. The van der Waals surface area contributed by atoms with Crippen molar-refractivity contribution in [3.8, 4) is 0 Å². The third kappa shape index (κ3) is 4.06. The van der Waals surface area contributed by atoms with E-state index in [0.29, 0.717) is 0 Å². The van der Waals surface area contributed by atoms with E-state index in [1.165, 1.54) is 6.42 Å². The molecule has 0 atom stereocenters. The summed E-state index contributed by atoms with van der Waals surface area (Å²) in [5.74, 6) is 0. The van der Waals surface area contributed by atoms with Crippen LogP contribution in [0.5, 0.6) is 0 Å². The molecule has 1 aromatic rings. The average Bonchev–Trinajstić information content (AvgIpc) is 2.32. The van der Waals surface area contributed by atoms with Crippen molar-refractivity contribution in [3.05, 3.63) is 40.8 Å². The molecule has 1 aliphatic rings. The van der Waals surface area contributed by atoms with Crippen LogP contribution in [0.1, 0.15) is 32.1 Å². The summed E-state index contributed by atoms with van der Waals surface area (Å²) in [5.41, 5.74) is -0.572. The van der Waals surface area contributed by atoms with E-state index < -0.39 is 5.60 Å². The fourth-order valence-corrected chi connectivity index (χ4v) is 2.98. The summed E-state index contributed by atoms with van der Waals surface area (Å²) >= 11 is 7.44. The van der Waals surface area contributed by atoms with Crippen LogP contribution in [0.3, 0.4) is 0 Å². The normalized spacial score (nSPS) is 19.6. The van der Waals surface area contributed by atoms with Crippen LogP contribution in [0.2, 0.25) is 5.02 Å². The van der Waals surface area contributed by atoms with E-state index in [-0.39, 0.29) is 0 Å². The molecule has 1 N–H and O–H groups in total. The molecule has 0 saturated heterocycles. The Labute approximate surface area is 112 Å². The molecule has 1 aromatic carbocycles. The average molecular weight is 269 g/mol. The molecule has 0 bridgehead atoms. The largest absolute Gasteiger partial charge is 0.386 e. The SMILES string of the molecule is OC1(/C=C/Sc2ccc(Cl)cc2)CCCCC1. The molecular weight excluding hydrogens is 252 g/mol. The third-order valence-corrected chi connectivity index (χ3v) is 4.18. The van der Waals surface area contributed by atoms with Crippen molar-refractivity contribution in [3.63, 3.8) is 0 Å². The molecule has 0 radical (unpaired) electrons. The quantitative estimate of drug-likeness (QED) is 0.806. The van der Waals surface area contributed by atoms with Crippen LogP contribution >= 0.6 is 23.4 Å². The first-order chi connectivity index (χ1) is 8.18. The summed E-state index contributed by atoms with van der Waals surface area (Å²) in [6.45, 7) is 0. The van der Waals surface area contributed by atoms with Gasteiger partial charge in [-0.25, -0.2) is 0 Å². The lowest BCUT2D eigenvalue weighted by atomic mass is 9.85. The van der Waals surface area contributed by atoms with Crippen LogP contribution < -0.4 is 0 Å². The maximum Gasteiger partial charge on any atom is 0.0835 e. The highest BCUT2D eigenvalue weighted by atomic mass is 35.5. The highest BCUT2D eigenvalue weighted by molar-refractivity contribution is 8.02. The smallest absolute Gasteiger partial charge is 0.0835 e. The van der Waals surface area contributed by atoms with Gasteiger partial charge in [0.1, 0.15) is 0 Å². The summed E-state index contributed by atoms with van der Waals surface area (Å²) in [6, 6.07) is 7.74. The van der Waals surface area contributed by atoms with Crippen molar-refractivity contribution in [1.82, 2.24) is 0 Å². The Hall–Kier alpha value is -0.440. The number of halogens is 1. The van der Waals surface area contributed by atoms with Crippen molar-refractivity contribution in [2.45, 2.75) is 42.6 Å². The minimum Gasteiger partial charge on any atom is -0.386 e. The third-order valence-electron chi connectivity index (χ3n) is 3.12. The zero-order valence-electron chi connectivity index (χ0n) is 9.73. The predicted molar refractivity (Wildman–Crippen MR) is 74.5 cm³/mol. The van der Waals surface area contributed by atoms with Gasteiger partial charge in [0.25, 0.3) is 0 Å². The van der Waals surface area contributed by atoms with Crippen molar-refractivity contribution in [1.29, 1.82) is 0 Å². The molecule has 0 heterocycles. The van der Waals surface area contributed by atoms with Gasteiger partial charge in [0, 0.05) is 9.92 Å². The van der Waals surface area contributed by atoms with E-state index in [0.717, 1.165) is 35.6 Å². The Kier molecular flexibility index (Phi) is 4.55. The molecule has 17 heavy (non-hydrogen) atoms. The first-order valence-corrected chi connectivity index (χ1v) is 7.26. The summed E-state index contributed by atoms with van der Waals surface area (Å²) in [7, 11) is 0. The van der Waals surface area contributed by atoms with Crippen LogP contribution in [0.4, 0.5) is 0 Å². The van der Waals surface area contributed by atoms with E-state index in [2.05, 4.69) is 0 Å². The zero-order chi connectivity index (χ0) is 12.1.